The first-order chi connectivity index (χ1) is 14.4. The van der Waals surface area contributed by atoms with Gasteiger partial charge in [0.25, 0.3) is 0 Å². The Morgan fingerprint density at radius 2 is 1.27 bits per heavy atom. The molecule has 30 heavy (non-hydrogen) atoms. The quantitative estimate of drug-likeness (QED) is 0.433. The monoisotopic (exact) mass is 446 g/mol. The number of benzene rings is 3. The van der Waals surface area contributed by atoms with Crippen LogP contribution in [0.25, 0.3) is 0 Å². The van der Waals surface area contributed by atoms with Gasteiger partial charge in [-0.15, -0.1) is 0 Å². The predicted octanol–water partition coefficient (Wildman–Crippen LogP) is 6.04. The van der Waals surface area contributed by atoms with E-state index in [1.807, 2.05) is 6.92 Å². The highest BCUT2D eigenvalue weighted by atomic mass is 35.5. The van der Waals surface area contributed by atoms with Crippen molar-refractivity contribution in [2.45, 2.75) is 19.1 Å². The summed E-state index contributed by atoms with van der Waals surface area (Å²) in [6.07, 6.45) is -1.33. The maximum Gasteiger partial charge on any atom is 0.349 e. The normalized spacial score (nSPS) is 12.6. The molecule has 156 valence electrons. The fourth-order valence-electron chi connectivity index (χ4n) is 2.64. The minimum Gasteiger partial charge on any atom is -0.490 e. The summed E-state index contributed by atoms with van der Waals surface area (Å²) in [6, 6.07) is 20.3. The molecule has 0 bridgehead atoms. The van der Waals surface area contributed by atoms with E-state index in [0.717, 1.165) is 0 Å². The third-order valence-corrected chi connectivity index (χ3v) is 4.61. The fourth-order valence-corrected chi connectivity index (χ4v) is 2.89. The molecule has 0 aliphatic rings. The summed E-state index contributed by atoms with van der Waals surface area (Å²) >= 11 is 11.7. The molecule has 0 aliphatic heterocycles. The fraction of sp³-hybridized carbons (Fsp3) is 0.174. The second kappa shape index (κ2) is 10.2. The number of halogens is 2. The van der Waals surface area contributed by atoms with E-state index in [1.54, 1.807) is 72.8 Å². The van der Waals surface area contributed by atoms with Crippen molar-refractivity contribution in [1.82, 2.24) is 0 Å². The summed E-state index contributed by atoms with van der Waals surface area (Å²) in [5, 5.41) is 10.7. The van der Waals surface area contributed by atoms with E-state index in [9.17, 15) is 9.90 Å². The summed E-state index contributed by atoms with van der Waals surface area (Å²) in [4.78, 5) is 11.7. The molecule has 0 aromatic heterocycles. The Morgan fingerprint density at radius 3 is 1.77 bits per heavy atom. The van der Waals surface area contributed by atoms with Crippen LogP contribution in [-0.4, -0.2) is 23.8 Å². The molecule has 3 aromatic rings. The molecule has 3 rings (SSSR count). The Hall–Kier alpha value is -2.89. The summed E-state index contributed by atoms with van der Waals surface area (Å²) < 4.78 is 17.1. The number of hydrogen-bond acceptors (Lipinski definition) is 4. The average Bonchev–Trinajstić information content (AvgIpc) is 2.74. The van der Waals surface area contributed by atoms with Crippen molar-refractivity contribution in [3.8, 4) is 17.2 Å². The van der Waals surface area contributed by atoms with Crippen molar-refractivity contribution in [2.24, 2.45) is 0 Å². The van der Waals surface area contributed by atoms with E-state index in [2.05, 4.69) is 0 Å². The molecule has 1 N–H and O–H groups in total. The predicted molar refractivity (Wildman–Crippen MR) is 116 cm³/mol. The topological polar surface area (TPSA) is 65.0 Å². The number of ether oxygens (including phenoxy) is 3. The van der Waals surface area contributed by atoms with Crippen LogP contribution in [0.15, 0.2) is 72.8 Å². The number of carboxylic acid groups (broad SMARTS) is 1. The van der Waals surface area contributed by atoms with Crippen LogP contribution in [-0.2, 0) is 4.79 Å². The molecule has 2 atom stereocenters. The Kier molecular flexibility index (Phi) is 7.44. The van der Waals surface area contributed by atoms with Gasteiger partial charge in [-0.3, -0.25) is 0 Å². The number of hydrogen-bond donors (Lipinski definition) is 1. The molecule has 7 heteroatoms. The van der Waals surface area contributed by atoms with Crippen LogP contribution in [0, 0.1) is 0 Å². The largest absolute Gasteiger partial charge is 0.490 e. The zero-order valence-electron chi connectivity index (χ0n) is 16.1. The zero-order chi connectivity index (χ0) is 21.5. The lowest BCUT2D eigenvalue weighted by Crippen LogP contribution is -2.21. The molecule has 0 heterocycles. The van der Waals surface area contributed by atoms with Crippen molar-refractivity contribution in [2.75, 3.05) is 6.61 Å². The smallest absolute Gasteiger partial charge is 0.349 e. The van der Waals surface area contributed by atoms with E-state index >= 15 is 0 Å². The Morgan fingerprint density at radius 1 is 0.800 bits per heavy atom. The molecule has 3 aromatic carbocycles. The van der Waals surface area contributed by atoms with Crippen LogP contribution in [0.3, 0.4) is 0 Å². The third-order valence-electron chi connectivity index (χ3n) is 4.11. The SMILES string of the molecule is CC(COc1ccc(C(Oc2ccc(Cl)cc2)C(=O)O)cc1)Oc1ccc(Cl)cc1. The van der Waals surface area contributed by atoms with Crippen molar-refractivity contribution in [3.05, 3.63) is 88.4 Å². The lowest BCUT2D eigenvalue weighted by Gasteiger charge is -2.17. The van der Waals surface area contributed by atoms with Crippen molar-refractivity contribution < 1.29 is 24.1 Å². The molecule has 2 unspecified atom stereocenters. The molecule has 5 nitrogen and oxygen atoms in total. The third kappa shape index (κ3) is 6.31. The average molecular weight is 447 g/mol. The van der Waals surface area contributed by atoms with Crippen LogP contribution in [0.1, 0.15) is 18.6 Å². The van der Waals surface area contributed by atoms with E-state index in [-0.39, 0.29) is 6.10 Å². The second-order valence-electron chi connectivity index (χ2n) is 6.55. The maximum atomic E-state index is 11.7. The van der Waals surface area contributed by atoms with E-state index in [0.29, 0.717) is 39.5 Å². The molecule has 0 saturated heterocycles. The van der Waals surface area contributed by atoms with Crippen LogP contribution in [0.4, 0.5) is 0 Å². The van der Waals surface area contributed by atoms with Crippen LogP contribution < -0.4 is 14.2 Å². The Labute approximate surface area is 184 Å². The highest BCUT2D eigenvalue weighted by molar-refractivity contribution is 6.30. The van der Waals surface area contributed by atoms with E-state index in [4.69, 9.17) is 37.4 Å². The number of carboxylic acids is 1. The number of rotatable bonds is 9. The van der Waals surface area contributed by atoms with Gasteiger partial charge in [-0.05, 0) is 67.6 Å². The first kappa shape index (κ1) is 21.8. The summed E-state index contributed by atoms with van der Waals surface area (Å²) in [5.74, 6) is 0.624. The molecule has 0 fully saturated rings. The summed E-state index contributed by atoms with van der Waals surface area (Å²) in [6.45, 7) is 2.22. The van der Waals surface area contributed by atoms with Gasteiger partial charge in [0.2, 0.25) is 6.10 Å². The van der Waals surface area contributed by atoms with Gasteiger partial charge >= 0.3 is 5.97 Å². The highest BCUT2D eigenvalue weighted by Gasteiger charge is 2.22. The molecule has 0 saturated carbocycles. The molecule has 0 amide bonds. The standard InChI is InChI=1S/C23H20Cl2O5/c1-15(29-20-10-4-17(24)5-11-20)14-28-19-8-2-16(3-9-19)22(23(26)27)30-21-12-6-18(25)7-13-21/h2-13,15,22H,14H2,1H3,(H,26,27). The minimum atomic E-state index is -1.15. The van der Waals surface area contributed by atoms with Crippen LogP contribution >= 0.6 is 23.2 Å². The molecule has 0 radical (unpaired) electrons. The van der Waals surface area contributed by atoms with Gasteiger partial charge in [-0.1, -0.05) is 35.3 Å². The van der Waals surface area contributed by atoms with Crippen molar-refractivity contribution in [1.29, 1.82) is 0 Å². The van der Waals surface area contributed by atoms with E-state index in [1.165, 1.54) is 0 Å². The van der Waals surface area contributed by atoms with Gasteiger partial charge in [0.05, 0.1) is 0 Å². The van der Waals surface area contributed by atoms with Gasteiger partial charge in [0, 0.05) is 15.6 Å². The van der Waals surface area contributed by atoms with Gasteiger partial charge in [-0.25, -0.2) is 4.79 Å². The van der Waals surface area contributed by atoms with Gasteiger partial charge < -0.3 is 19.3 Å². The maximum absolute atomic E-state index is 11.7. The lowest BCUT2D eigenvalue weighted by atomic mass is 10.1. The lowest BCUT2D eigenvalue weighted by molar-refractivity contribution is -0.145. The molecular formula is C23H20Cl2O5. The number of aliphatic carboxylic acids is 1. The zero-order valence-corrected chi connectivity index (χ0v) is 17.6. The van der Waals surface area contributed by atoms with Crippen LogP contribution in [0.5, 0.6) is 17.2 Å². The van der Waals surface area contributed by atoms with Gasteiger partial charge in [0.15, 0.2) is 0 Å². The first-order valence-electron chi connectivity index (χ1n) is 9.21. The number of carbonyl (C=O) groups is 1. The van der Waals surface area contributed by atoms with Gasteiger partial charge in [-0.2, -0.15) is 0 Å². The Bertz CT molecular complexity index is 956. The summed E-state index contributed by atoms with van der Waals surface area (Å²) in [7, 11) is 0. The first-order valence-corrected chi connectivity index (χ1v) is 9.96. The Balaban J connectivity index is 1.57. The minimum absolute atomic E-state index is 0.189. The van der Waals surface area contributed by atoms with Crippen molar-refractivity contribution >= 4 is 29.2 Å². The molecule has 0 spiro atoms. The van der Waals surface area contributed by atoms with Crippen LogP contribution in [0.2, 0.25) is 10.0 Å². The highest BCUT2D eigenvalue weighted by Crippen LogP contribution is 2.25. The second-order valence-corrected chi connectivity index (χ2v) is 7.43. The molecule has 0 aliphatic carbocycles. The van der Waals surface area contributed by atoms with Gasteiger partial charge in [0.1, 0.15) is 30.0 Å². The molecular weight excluding hydrogens is 427 g/mol. The summed E-state index contributed by atoms with van der Waals surface area (Å²) in [5.41, 5.74) is 0.496. The van der Waals surface area contributed by atoms with E-state index < -0.39 is 12.1 Å². The van der Waals surface area contributed by atoms with Crippen molar-refractivity contribution in [3.63, 3.8) is 0 Å².